The Kier molecular flexibility index (Phi) is 7.15. The molecule has 0 atom stereocenters. The third-order valence-corrected chi connectivity index (χ3v) is 7.39. The van der Waals surface area contributed by atoms with Gasteiger partial charge in [-0.3, -0.25) is 4.79 Å². The number of aromatic nitrogens is 2. The van der Waals surface area contributed by atoms with Crippen molar-refractivity contribution in [3.05, 3.63) is 40.0 Å². The summed E-state index contributed by atoms with van der Waals surface area (Å²) in [5.41, 5.74) is 0. The number of hydrogen-bond donors (Lipinski definition) is 1. The molecule has 0 saturated carbocycles. The van der Waals surface area contributed by atoms with Gasteiger partial charge in [0.25, 0.3) is 0 Å². The number of rotatable bonds is 7. The molecule has 3 rings (SSSR count). The van der Waals surface area contributed by atoms with Crippen molar-refractivity contribution in [3.8, 4) is 0 Å². The molecule has 8 nitrogen and oxygen atoms in total. The summed E-state index contributed by atoms with van der Waals surface area (Å²) in [6.45, 7) is 2.76. The van der Waals surface area contributed by atoms with E-state index in [4.69, 9.17) is 27.7 Å². The van der Waals surface area contributed by atoms with Crippen LogP contribution in [0.5, 0.6) is 0 Å². The van der Waals surface area contributed by atoms with E-state index in [-0.39, 0.29) is 34.8 Å². The first-order chi connectivity index (χ1) is 13.8. The molecule has 2 heterocycles. The molecule has 0 spiro atoms. The fraction of sp³-hybridized carbons (Fsp3) is 0.500. The first-order valence-corrected chi connectivity index (χ1v) is 11.5. The van der Waals surface area contributed by atoms with E-state index in [1.165, 1.54) is 16.4 Å². The molecule has 0 radical (unpaired) electrons. The maximum Gasteiger partial charge on any atom is 0.244 e. The van der Waals surface area contributed by atoms with Crippen LogP contribution >= 0.6 is 23.2 Å². The van der Waals surface area contributed by atoms with E-state index in [9.17, 15) is 13.2 Å². The van der Waals surface area contributed by atoms with Gasteiger partial charge in [-0.2, -0.15) is 9.29 Å². The number of sulfonamides is 1. The van der Waals surface area contributed by atoms with Crippen molar-refractivity contribution in [1.82, 2.24) is 19.8 Å². The second-order valence-corrected chi connectivity index (χ2v) is 9.63. The molecule has 0 aliphatic carbocycles. The quantitative estimate of drug-likeness (QED) is 0.636. The van der Waals surface area contributed by atoms with Gasteiger partial charge in [0.05, 0.1) is 5.02 Å². The minimum atomic E-state index is -3.75. The summed E-state index contributed by atoms with van der Waals surface area (Å²) < 4.78 is 32.1. The van der Waals surface area contributed by atoms with E-state index >= 15 is 0 Å². The molecule has 1 aliphatic heterocycles. The van der Waals surface area contributed by atoms with Crippen molar-refractivity contribution in [2.75, 3.05) is 19.6 Å². The Morgan fingerprint density at radius 2 is 2.03 bits per heavy atom. The van der Waals surface area contributed by atoms with Crippen molar-refractivity contribution < 1.29 is 17.7 Å². The molecule has 1 aromatic carbocycles. The second-order valence-electron chi connectivity index (χ2n) is 6.88. The Morgan fingerprint density at radius 1 is 1.31 bits per heavy atom. The van der Waals surface area contributed by atoms with Gasteiger partial charge in [-0.05, 0) is 44.4 Å². The molecule has 1 fully saturated rings. The molecule has 2 aromatic rings. The van der Waals surface area contributed by atoms with Gasteiger partial charge in [0, 0.05) is 37.0 Å². The van der Waals surface area contributed by atoms with Crippen LogP contribution < -0.4 is 5.32 Å². The topological polar surface area (TPSA) is 105 Å². The molecule has 1 aromatic heterocycles. The Morgan fingerprint density at radius 3 is 2.69 bits per heavy atom. The predicted octanol–water partition coefficient (Wildman–Crippen LogP) is 2.83. The normalized spacial score (nSPS) is 16.1. The van der Waals surface area contributed by atoms with E-state index in [0.717, 1.165) is 0 Å². The van der Waals surface area contributed by atoms with Crippen LogP contribution in [-0.4, -0.2) is 48.4 Å². The molecular formula is C18H22Cl2N4O4S. The lowest BCUT2D eigenvalue weighted by Gasteiger charge is -2.30. The van der Waals surface area contributed by atoms with Crippen molar-refractivity contribution in [2.24, 2.45) is 5.92 Å². The Balaban J connectivity index is 1.48. The number of benzene rings is 1. The standard InChI is InChI=1S/C18H22Cl2N4O4S/c1-12-22-17(28-23-12)3-2-8-21-18(25)13-6-9-24(10-7-13)29(26,27)16-11-14(19)4-5-15(16)20/h4-5,11,13H,2-3,6-10H2,1H3,(H,21,25). The van der Waals surface area contributed by atoms with Gasteiger partial charge in [-0.1, -0.05) is 28.4 Å². The molecule has 1 aliphatic rings. The molecule has 11 heteroatoms. The second kappa shape index (κ2) is 9.42. The van der Waals surface area contributed by atoms with E-state index in [1.54, 1.807) is 13.0 Å². The highest BCUT2D eigenvalue weighted by molar-refractivity contribution is 7.89. The predicted molar refractivity (Wildman–Crippen MR) is 108 cm³/mol. The maximum atomic E-state index is 12.8. The molecule has 0 unspecified atom stereocenters. The number of aryl methyl sites for hydroxylation is 2. The van der Waals surface area contributed by atoms with Crippen LogP contribution in [-0.2, 0) is 21.2 Å². The van der Waals surface area contributed by atoms with E-state index in [2.05, 4.69) is 15.5 Å². The van der Waals surface area contributed by atoms with Crippen molar-refractivity contribution >= 4 is 39.1 Å². The van der Waals surface area contributed by atoms with Crippen molar-refractivity contribution in [2.45, 2.75) is 37.5 Å². The van der Waals surface area contributed by atoms with Crippen molar-refractivity contribution in [3.63, 3.8) is 0 Å². The number of piperidine rings is 1. The third kappa shape index (κ3) is 5.48. The van der Waals surface area contributed by atoms with Crippen LogP contribution in [0.1, 0.15) is 31.0 Å². The van der Waals surface area contributed by atoms with Crippen LogP contribution in [0.3, 0.4) is 0 Å². The summed E-state index contributed by atoms with van der Waals surface area (Å²) >= 11 is 12.0. The smallest absolute Gasteiger partial charge is 0.244 e. The number of hydrogen-bond acceptors (Lipinski definition) is 6. The average Bonchev–Trinajstić information content (AvgIpc) is 3.12. The SMILES string of the molecule is Cc1noc(CCCNC(=O)C2CCN(S(=O)(=O)c3cc(Cl)ccc3Cl)CC2)n1. The van der Waals surface area contributed by atoms with E-state index < -0.39 is 10.0 Å². The van der Waals surface area contributed by atoms with Crippen LogP contribution in [0.4, 0.5) is 0 Å². The lowest BCUT2D eigenvalue weighted by atomic mass is 9.97. The Hall–Kier alpha value is -1.68. The first-order valence-electron chi connectivity index (χ1n) is 9.29. The molecule has 29 heavy (non-hydrogen) atoms. The average molecular weight is 461 g/mol. The van der Waals surface area contributed by atoms with E-state index in [0.29, 0.717) is 49.0 Å². The highest BCUT2D eigenvalue weighted by Crippen LogP contribution is 2.30. The molecule has 158 valence electrons. The summed E-state index contributed by atoms with van der Waals surface area (Å²) in [6, 6.07) is 4.36. The number of amides is 1. The maximum absolute atomic E-state index is 12.8. The number of halogens is 2. The number of nitrogens with one attached hydrogen (secondary N) is 1. The van der Waals surface area contributed by atoms with E-state index in [1.807, 2.05) is 0 Å². The van der Waals surface area contributed by atoms with Gasteiger partial charge in [0.1, 0.15) is 4.90 Å². The first kappa shape index (κ1) is 22.0. The zero-order valence-electron chi connectivity index (χ0n) is 15.9. The minimum Gasteiger partial charge on any atom is -0.356 e. The Labute approximate surface area is 179 Å². The summed E-state index contributed by atoms with van der Waals surface area (Å²) in [5, 5.41) is 7.05. The molecule has 1 N–H and O–H groups in total. The van der Waals surface area contributed by atoms with Gasteiger partial charge in [-0.25, -0.2) is 8.42 Å². The van der Waals surface area contributed by atoms with Crippen LogP contribution in [0, 0.1) is 12.8 Å². The highest BCUT2D eigenvalue weighted by atomic mass is 35.5. The highest BCUT2D eigenvalue weighted by Gasteiger charge is 2.33. The number of carbonyl (C=O) groups excluding carboxylic acids is 1. The Bertz CT molecular complexity index is 972. The monoisotopic (exact) mass is 460 g/mol. The van der Waals surface area contributed by atoms with Gasteiger partial charge in [0.2, 0.25) is 21.8 Å². The zero-order valence-corrected chi connectivity index (χ0v) is 18.2. The summed E-state index contributed by atoms with van der Waals surface area (Å²) in [7, 11) is -3.75. The molecule has 0 bridgehead atoms. The number of carbonyl (C=O) groups is 1. The lowest BCUT2D eigenvalue weighted by molar-refractivity contribution is -0.126. The van der Waals surface area contributed by atoms with Gasteiger partial charge in [-0.15, -0.1) is 0 Å². The fourth-order valence-electron chi connectivity index (χ4n) is 3.21. The van der Waals surface area contributed by atoms with Crippen LogP contribution in [0.15, 0.2) is 27.6 Å². The molecule has 1 amide bonds. The molecule has 1 saturated heterocycles. The number of nitrogens with zero attached hydrogens (tertiary/aromatic N) is 3. The summed E-state index contributed by atoms with van der Waals surface area (Å²) in [5.74, 6) is 0.853. The van der Waals surface area contributed by atoms with Gasteiger partial charge in [0.15, 0.2) is 5.82 Å². The lowest BCUT2D eigenvalue weighted by Crippen LogP contribution is -2.43. The van der Waals surface area contributed by atoms with Crippen molar-refractivity contribution in [1.29, 1.82) is 0 Å². The largest absolute Gasteiger partial charge is 0.356 e. The van der Waals surface area contributed by atoms with Gasteiger partial charge < -0.3 is 9.84 Å². The molecular weight excluding hydrogens is 439 g/mol. The third-order valence-electron chi connectivity index (χ3n) is 4.77. The van der Waals surface area contributed by atoms with Crippen LogP contribution in [0.25, 0.3) is 0 Å². The zero-order chi connectivity index (χ0) is 21.0. The summed E-state index contributed by atoms with van der Waals surface area (Å²) in [6.07, 6.45) is 2.18. The fourth-order valence-corrected chi connectivity index (χ4v) is 5.42. The minimum absolute atomic E-state index is 0.00849. The summed E-state index contributed by atoms with van der Waals surface area (Å²) in [4.78, 5) is 16.5. The van der Waals surface area contributed by atoms with Crippen LogP contribution in [0.2, 0.25) is 10.0 Å². The van der Waals surface area contributed by atoms with Gasteiger partial charge >= 0.3 is 0 Å².